The average molecular weight is 474 g/mol. The van der Waals surface area contributed by atoms with Gasteiger partial charge in [-0.05, 0) is 30.0 Å². The van der Waals surface area contributed by atoms with Crippen molar-refractivity contribution in [1.29, 1.82) is 0 Å². The molecule has 0 N–H and O–H groups in total. The third-order valence-electron chi connectivity index (χ3n) is 5.00. The standard InChI is InChI=1S/C25H16ClN3O3S/c26-19-15-21(29(30)31)22(16-20(19)28-13-7-8-14-28)33-25-27-23(17-9-3-1-4-10-17)24(32-25)18-11-5-2-6-12-18/h1-16H. The van der Waals surface area contributed by atoms with E-state index in [1.54, 1.807) is 10.6 Å². The molecular weight excluding hydrogens is 458 g/mol. The molecule has 0 saturated heterocycles. The van der Waals surface area contributed by atoms with Crippen molar-refractivity contribution in [2.45, 2.75) is 10.1 Å². The fraction of sp³-hybridized carbons (Fsp3) is 0. The Balaban J connectivity index is 1.62. The number of rotatable bonds is 6. The van der Waals surface area contributed by atoms with Crippen molar-refractivity contribution < 1.29 is 9.34 Å². The lowest BCUT2D eigenvalue weighted by atomic mass is 10.1. The van der Waals surface area contributed by atoms with Crippen LogP contribution in [-0.4, -0.2) is 14.5 Å². The van der Waals surface area contributed by atoms with E-state index in [1.807, 2.05) is 85.2 Å². The molecule has 0 fully saturated rings. The minimum Gasteiger partial charge on any atom is -0.430 e. The first-order valence-corrected chi connectivity index (χ1v) is 11.2. The van der Waals surface area contributed by atoms with Crippen molar-refractivity contribution in [2.24, 2.45) is 0 Å². The smallest absolute Gasteiger partial charge is 0.285 e. The number of nitro benzene ring substituents is 1. The van der Waals surface area contributed by atoms with Gasteiger partial charge in [-0.3, -0.25) is 10.1 Å². The lowest BCUT2D eigenvalue weighted by Crippen LogP contribution is -1.96. The van der Waals surface area contributed by atoms with Crippen LogP contribution in [0.3, 0.4) is 0 Å². The maximum absolute atomic E-state index is 11.8. The highest BCUT2D eigenvalue weighted by atomic mass is 35.5. The lowest BCUT2D eigenvalue weighted by Gasteiger charge is -2.08. The predicted molar refractivity (Wildman–Crippen MR) is 129 cm³/mol. The van der Waals surface area contributed by atoms with Crippen LogP contribution in [-0.2, 0) is 0 Å². The first-order valence-electron chi connectivity index (χ1n) is 10.0. The summed E-state index contributed by atoms with van der Waals surface area (Å²) in [5, 5.41) is 12.3. The topological polar surface area (TPSA) is 74.1 Å². The normalized spacial score (nSPS) is 10.9. The van der Waals surface area contributed by atoms with E-state index in [9.17, 15) is 10.1 Å². The second-order valence-corrected chi connectivity index (χ2v) is 8.51. The Morgan fingerprint density at radius 3 is 2.18 bits per heavy atom. The molecule has 8 heteroatoms. The minimum absolute atomic E-state index is 0.110. The molecular formula is C25H16ClN3O3S. The molecule has 2 heterocycles. The highest BCUT2D eigenvalue weighted by Gasteiger charge is 2.23. The summed E-state index contributed by atoms with van der Waals surface area (Å²) in [7, 11) is 0. The molecule has 0 aliphatic rings. The summed E-state index contributed by atoms with van der Waals surface area (Å²) < 4.78 is 7.95. The van der Waals surface area contributed by atoms with Crippen LogP contribution >= 0.6 is 23.4 Å². The van der Waals surface area contributed by atoms with Gasteiger partial charge in [0.2, 0.25) is 0 Å². The zero-order valence-electron chi connectivity index (χ0n) is 17.1. The second kappa shape index (κ2) is 8.97. The summed E-state index contributed by atoms with van der Waals surface area (Å²) in [4.78, 5) is 16.4. The highest BCUT2D eigenvalue weighted by Crippen LogP contribution is 2.42. The summed E-state index contributed by atoms with van der Waals surface area (Å²) in [5.41, 5.74) is 2.96. The molecule has 0 amide bonds. The van der Waals surface area contributed by atoms with Crippen molar-refractivity contribution in [3.05, 3.63) is 112 Å². The Labute approximate surface area is 198 Å². The molecule has 0 radical (unpaired) electrons. The van der Waals surface area contributed by atoms with Crippen LogP contribution in [0.15, 0.2) is 112 Å². The number of nitrogens with zero attached hydrogens (tertiary/aromatic N) is 3. The molecule has 33 heavy (non-hydrogen) atoms. The molecule has 0 spiro atoms. The lowest BCUT2D eigenvalue weighted by molar-refractivity contribution is -0.387. The average Bonchev–Trinajstić information content (AvgIpc) is 3.51. The van der Waals surface area contributed by atoms with E-state index in [4.69, 9.17) is 21.0 Å². The van der Waals surface area contributed by atoms with E-state index in [-0.39, 0.29) is 10.7 Å². The van der Waals surface area contributed by atoms with Gasteiger partial charge >= 0.3 is 0 Å². The molecule has 0 atom stereocenters. The van der Waals surface area contributed by atoms with E-state index >= 15 is 0 Å². The molecule has 0 unspecified atom stereocenters. The molecule has 3 aromatic carbocycles. The maximum atomic E-state index is 11.8. The van der Waals surface area contributed by atoms with Crippen LogP contribution in [0.2, 0.25) is 5.02 Å². The summed E-state index contributed by atoms with van der Waals surface area (Å²) in [6, 6.07) is 26.1. The molecule has 0 aliphatic carbocycles. The molecule has 5 rings (SSSR count). The summed E-state index contributed by atoms with van der Waals surface area (Å²) in [6.07, 6.45) is 3.65. The third-order valence-corrected chi connectivity index (χ3v) is 6.19. The summed E-state index contributed by atoms with van der Waals surface area (Å²) in [5.74, 6) is 0.603. The molecule has 0 aliphatic heterocycles. The number of benzene rings is 3. The monoisotopic (exact) mass is 473 g/mol. The summed E-state index contributed by atoms with van der Waals surface area (Å²) >= 11 is 7.45. The van der Waals surface area contributed by atoms with Gasteiger partial charge in [0.1, 0.15) is 5.69 Å². The van der Waals surface area contributed by atoms with E-state index < -0.39 is 4.92 Å². The number of nitro groups is 1. The second-order valence-electron chi connectivity index (χ2n) is 7.11. The fourth-order valence-electron chi connectivity index (χ4n) is 3.46. The zero-order chi connectivity index (χ0) is 22.8. The van der Waals surface area contributed by atoms with Crippen molar-refractivity contribution in [3.63, 3.8) is 0 Å². The van der Waals surface area contributed by atoms with Crippen LogP contribution in [0.5, 0.6) is 0 Å². The Hall–Kier alpha value is -3.81. The van der Waals surface area contributed by atoms with E-state index in [0.29, 0.717) is 27.3 Å². The summed E-state index contributed by atoms with van der Waals surface area (Å²) in [6.45, 7) is 0. The Kier molecular flexibility index (Phi) is 5.73. The van der Waals surface area contributed by atoms with Crippen LogP contribution in [0.1, 0.15) is 0 Å². The van der Waals surface area contributed by atoms with Gasteiger partial charge in [0.15, 0.2) is 5.76 Å². The van der Waals surface area contributed by atoms with Gasteiger partial charge in [0, 0.05) is 29.6 Å². The van der Waals surface area contributed by atoms with Gasteiger partial charge in [0.25, 0.3) is 10.9 Å². The van der Waals surface area contributed by atoms with Crippen molar-refractivity contribution in [1.82, 2.24) is 9.55 Å². The van der Waals surface area contributed by atoms with Gasteiger partial charge in [0.05, 0.1) is 20.5 Å². The molecule has 6 nitrogen and oxygen atoms in total. The van der Waals surface area contributed by atoms with Crippen molar-refractivity contribution >= 4 is 29.1 Å². The van der Waals surface area contributed by atoms with E-state index in [0.717, 1.165) is 22.9 Å². The largest absolute Gasteiger partial charge is 0.430 e. The van der Waals surface area contributed by atoms with E-state index in [2.05, 4.69) is 0 Å². The van der Waals surface area contributed by atoms with Gasteiger partial charge < -0.3 is 8.98 Å². The van der Waals surface area contributed by atoms with Crippen LogP contribution in [0.25, 0.3) is 28.3 Å². The first-order chi connectivity index (χ1) is 16.1. The van der Waals surface area contributed by atoms with Crippen molar-refractivity contribution in [3.8, 4) is 28.3 Å². The number of hydrogen-bond acceptors (Lipinski definition) is 5. The Morgan fingerprint density at radius 2 is 1.55 bits per heavy atom. The Morgan fingerprint density at radius 1 is 0.909 bits per heavy atom. The molecule has 5 aromatic rings. The first kappa shape index (κ1) is 21.1. The Bertz CT molecular complexity index is 1360. The van der Waals surface area contributed by atoms with Crippen LogP contribution in [0.4, 0.5) is 5.69 Å². The number of hydrogen-bond donors (Lipinski definition) is 0. The van der Waals surface area contributed by atoms with E-state index in [1.165, 1.54) is 6.07 Å². The third kappa shape index (κ3) is 4.28. The molecule has 0 saturated carbocycles. The molecule has 2 aromatic heterocycles. The molecule has 162 valence electrons. The van der Waals surface area contributed by atoms with Gasteiger partial charge in [-0.2, -0.15) is 0 Å². The predicted octanol–water partition coefficient (Wildman–Crippen LogP) is 7.51. The van der Waals surface area contributed by atoms with Gasteiger partial charge in [-0.25, -0.2) is 4.98 Å². The van der Waals surface area contributed by atoms with Crippen LogP contribution in [0, 0.1) is 10.1 Å². The minimum atomic E-state index is -0.452. The number of aromatic nitrogens is 2. The fourth-order valence-corrected chi connectivity index (χ4v) is 4.58. The zero-order valence-corrected chi connectivity index (χ0v) is 18.7. The molecule has 0 bridgehead atoms. The number of oxazole rings is 1. The van der Waals surface area contributed by atoms with Crippen molar-refractivity contribution in [2.75, 3.05) is 0 Å². The van der Waals surface area contributed by atoms with Gasteiger partial charge in [-0.1, -0.05) is 72.3 Å². The maximum Gasteiger partial charge on any atom is 0.285 e. The van der Waals surface area contributed by atoms with Gasteiger partial charge in [-0.15, -0.1) is 0 Å². The SMILES string of the molecule is O=[N+]([O-])c1cc(Cl)c(-n2cccc2)cc1Sc1nc(-c2ccccc2)c(-c2ccccc2)o1. The quantitative estimate of drug-likeness (QED) is 0.188. The van der Waals surface area contributed by atoms with Crippen LogP contribution < -0.4 is 0 Å². The highest BCUT2D eigenvalue weighted by molar-refractivity contribution is 7.99. The number of halogens is 1.